The standard InChI is InChI=1S/C28H32N4O5/c1-4-37-27(33)13-9-20-8-12-26(29-19-20)31-14-16-32(17-15-31)28(34)23-7-5-6-22(30-23)21-10-11-24(35-2)25(18-21)36-3/h5-8,10-12,18-19H,4,9,13-17H2,1-3H3. The van der Waals surface area contributed by atoms with Crippen LogP contribution in [0.25, 0.3) is 11.3 Å². The van der Waals surface area contributed by atoms with Crippen LogP contribution in [-0.4, -0.2) is 73.7 Å². The Bertz CT molecular complexity index is 1220. The summed E-state index contributed by atoms with van der Waals surface area (Å²) in [5.41, 5.74) is 2.93. The van der Waals surface area contributed by atoms with E-state index in [1.165, 1.54) is 0 Å². The Morgan fingerprint density at radius 2 is 1.73 bits per heavy atom. The van der Waals surface area contributed by atoms with Crippen molar-refractivity contribution in [3.63, 3.8) is 0 Å². The average Bonchev–Trinajstić information content (AvgIpc) is 2.96. The minimum Gasteiger partial charge on any atom is -0.493 e. The molecular formula is C28H32N4O5. The fourth-order valence-corrected chi connectivity index (χ4v) is 4.24. The van der Waals surface area contributed by atoms with Crippen molar-refractivity contribution >= 4 is 17.7 Å². The Hall–Kier alpha value is -4.14. The maximum atomic E-state index is 13.2. The van der Waals surface area contributed by atoms with Gasteiger partial charge in [-0.2, -0.15) is 0 Å². The van der Waals surface area contributed by atoms with Gasteiger partial charge in [0, 0.05) is 44.4 Å². The maximum Gasteiger partial charge on any atom is 0.306 e. The van der Waals surface area contributed by atoms with Gasteiger partial charge in [0.25, 0.3) is 5.91 Å². The smallest absolute Gasteiger partial charge is 0.306 e. The number of hydrogen-bond donors (Lipinski definition) is 0. The quantitative estimate of drug-likeness (QED) is 0.408. The predicted octanol–water partition coefficient (Wildman–Crippen LogP) is 3.62. The lowest BCUT2D eigenvalue weighted by Crippen LogP contribution is -2.49. The number of hydrogen-bond acceptors (Lipinski definition) is 8. The highest BCUT2D eigenvalue weighted by atomic mass is 16.5. The number of ether oxygens (including phenoxy) is 3. The molecule has 0 saturated carbocycles. The third kappa shape index (κ3) is 6.35. The lowest BCUT2D eigenvalue weighted by atomic mass is 10.1. The zero-order valence-corrected chi connectivity index (χ0v) is 21.5. The molecular weight excluding hydrogens is 472 g/mol. The highest BCUT2D eigenvalue weighted by molar-refractivity contribution is 5.93. The molecule has 0 bridgehead atoms. The van der Waals surface area contributed by atoms with Crippen LogP contribution in [0.5, 0.6) is 11.5 Å². The summed E-state index contributed by atoms with van der Waals surface area (Å²) in [5, 5.41) is 0. The molecule has 37 heavy (non-hydrogen) atoms. The van der Waals surface area contributed by atoms with Gasteiger partial charge in [0.05, 0.1) is 26.5 Å². The maximum absolute atomic E-state index is 13.2. The topological polar surface area (TPSA) is 94.1 Å². The molecule has 0 unspecified atom stereocenters. The number of carbonyl (C=O) groups excluding carboxylic acids is 2. The Balaban J connectivity index is 1.36. The van der Waals surface area contributed by atoms with Crippen LogP contribution in [0.3, 0.4) is 0 Å². The second-order valence-corrected chi connectivity index (χ2v) is 8.59. The molecule has 9 nitrogen and oxygen atoms in total. The first-order valence-corrected chi connectivity index (χ1v) is 12.4. The number of esters is 1. The highest BCUT2D eigenvalue weighted by Crippen LogP contribution is 2.31. The summed E-state index contributed by atoms with van der Waals surface area (Å²) in [6.07, 6.45) is 2.75. The number of piperazine rings is 1. The van der Waals surface area contributed by atoms with Gasteiger partial charge < -0.3 is 24.0 Å². The molecule has 4 rings (SSSR count). The van der Waals surface area contributed by atoms with Crippen molar-refractivity contribution in [3.8, 4) is 22.8 Å². The number of pyridine rings is 2. The van der Waals surface area contributed by atoms with Gasteiger partial charge in [-0.25, -0.2) is 9.97 Å². The van der Waals surface area contributed by atoms with Crippen LogP contribution in [0.15, 0.2) is 54.7 Å². The Kier molecular flexibility index (Phi) is 8.56. The van der Waals surface area contributed by atoms with Crippen LogP contribution in [0.2, 0.25) is 0 Å². The number of aryl methyl sites for hydroxylation is 1. The van der Waals surface area contributed by atoms with Gasteiger partial charge in [0.2, 0.25) is 0 Å². The first kappa shape index (κ1) is 25.9. The van der Waals surface area contributed by atoms with E-state index in [0.29, 0.717) is 68.5 Å². The molecule has 0 atom stereocenters. The predicted molar refractivity (Wildman–Crippen MR) is 140 cm³/mol. The Morgan fingerprint density at radius 1 is 0.946 bits per heavy atom. The van der Waals surface area contributed by atoms with Crippen molar-refractivity contribution < 1.29 is 23.8 Å². The highest BCUT2D eigenvalue weighted by Gasteiger charge is 2.24. The van der Waals surface area contributed by atoms with Gasteiger partial charge in [-0.05, 0) is 55.3 Å². The van der Waals surface area contributed by atoms with Crippen molar-refractivity contribution in [1.29, 1.82) is 0 Å². The summed E-state index contributed by atoms with van der Waals surface area (Å²) >= 11 is 0. The zero-order valence-electron chi connectivity index (χ0n) is 21.5. The normalized spacial score (nSPS) is 13.3. The van der Waals surface area contributed by atoms with Gasteiger partial charge in [-0.3, -0.25) is 9.59 Å². The number of methoxy groups -OCH3 is 2. The molecule has 3 heterocycles. The molecule has 9 heteroatoms. The minimum atomic E-state index is -0.198. The minimum absolute atomic E-state index is 0.0933. The van der Waals surface area contributed by atoms with E-state index in [1.54, 1.807) is 33.4 Å². The van der Waals surface area contributed by atoms with Crippen molar-refractivity contribution in [2.75, 3.05) is 51.9 Å². The number of amides is 1. The Labute approximate surface area is 217 Å². The van der Waals surface area contributed by atoms with E-state index in [9.17, 15) is 9.59 Å². The van der Waals surface area contributed by atoms with Crippen LogP contribution in [-0.2, 0) is 16.0 Å². The second kappa shape index (κ2) is 12.2. The largest absolute Gasteiger partial charge is 0.493 e. The molecule has 0 N–H and O–H groups in total. The van der Waals surface area contributed by atoms with E-state index in [2.05, 4.69) is 14.9 Å². The van der Waals surface area contributed by atoms with Crippen molar-refractivity contribution in [3.05, 3.63) is 66.0 Å². The summed E-state index contributed by atoms with van der Waals surface area (Å²) < 4.78 is 15.7. The SMILES string of the molecule is CCOC(=O)CCc1ccc(N2CCN(C(=O)c3cccc(-c4ccc(OC)c(OC)c4)n3)CC2)nc1. The first-order chi connectivity index (χ1) is 18.0. The third-order valence-corrected chi connectivity index (χ3v) is 6.27. The summed E-state index contributed by atoms with van der Waals surface area (Å²) in [4.78, 5) is 38.0. The number of rotatable bonds is 9. The number of aromatic nitrogens is 2. The summed E-state index contributed by atoms with van der Waals surface area (Å²) in [5.74, 6) is 1.81. The van der Waals surface area contributed by atoms with E-state index in [0.717, 1.165) is 16.9 Å². The molecule has 1 aromatic carbocycles. The lowest BCUT2D eigenvalue weighted by Gasteiger charge is -2.35. The molecule has 194 valence electrons. The van der Waals surface area contributed by atoms with Gasteiger partial charge in [0.15, 0.2) is 11.5 Å². The summed E-state index contributed by atoms with van der Waals surface area (Å²) in [6.45, 7) is 4.70. The summed E-state index contributed by atoms with van der Waals surface area (Å²) in [7, 11) is 3.18. The Morgan fingerprint density at radius 3 is 2.41 bits per heavy atom. The summed E-state index contributed by atoms with van der Waals surface area (Å²) in [6, 6.07) is 15.0. The molecule has 0 aliphatic carbocycles. The van der Waals surface area contributed by atoms with E-state index in [1.807, 2.05) is 47.4 Å². The molecule has 1 fully saturated rings. The number of benzene rings is 1. The lowest BCUT2D eigenvalue weighted by molar-refractivity contribution is -0.143. The fourth-order valence-electron chi connectivity index (χ4n) is 4.24. The molecule has 1 aliphatic rings. The molecule has 0 spiro atoms. The first-order valence-electron chi connectivity index (χ1n) is 12.4. The molecule has 0 radical (unpaired) electrons. The van der Waals surface area contributed by atoms with Crippen LogP contribution < -0.4 is 14.4 Å². The monoisotopic (exact) mass is 504 g/mol. The average molecular weight is 505 g/mol. The van der Waals surface area contributed by atoms with Crippen LogP contribution in [0.4, 0.5) is 5.82 Å². The fraction of sp³-hybridized carbons (Fsp3) is 0.357. The molecule has 1 aliphatic heterocycles. The van der Waals surface area contributed by atoms with Gasteiger partial charge in [-0.1, -0.05) is 12.1 Å². The molecule has 2 aromatic heterocycles. The molecule has 1 amide bonds. The van der Waals surface area contributed by atoms with Crippen LogP contribution in [0, 0.1) is 0 Å². The van der Waals surface area contributed by atoms with Gasteiger partial charge in [0.1, 0.15) is 11.5 Å². The van der Waals surface area contributed by atoms with Gasteiger partial charge in [-0.15, -0.1) is 0 Å². The molecule has 1 saturated heterocycles. The number of nitrogens with zero attached hydrogens (tertiary/aromatic N) is 4. The van der Waals surface area contributed by atoms with Crippen LogP contribution >= 0.6 is 0 Å². The van der Waals surface area contributed by atoms with Crippen molar-refractivity contribution in [1.82, 2.24) is 14.9 Å². The zero-order chi connectivity index (χ0) is 26.2. The van der Waals surface area contributed by atoms with Crippen molar-refractivity contribution in [2.45, 2.75) is 19.8 Å². The molecule has 3 aromatic rings. The second-order valence-electron chi connectivity index (χ2n) is 8.59. The van der Waals surface area contributed by atoms with Gasteiger partial charge >= 0.3 is 5.97 Å². The number of anilines is 1. The van der Waals surface area contributed by atoms with E-state index in [-0.39, 0.29) is 11.9 Å². The van der Waals surface area contributed by atoms with Crippen molar-refractivity contribution in [2.24, 2.45) is 0 Å². The van der Waals surface area contributed by atoms with E-state index < -0.39 is 0 Å². The van der Waals surface area contributed by atoms with E-state index in [4.69, 9.17) is 14.2 Å². The van der Waals surface area contributed by atoms with Crippen LogP contribution in [0.1, 0.15) is 29.4 Å². The van der Waals surface area contributed by atoms with E-state index >= 15 is 0 Å². The number of carbonyl (C=O) groups is 2. The third-order valence-electron chi connectivity index (χ3n) is 6.27.